The number of nitrogens with one attached hydrogen (secondary N) is 1. The van der Waals surface area contributed by atoms with Crippen molar-refractivity contribution < 1.29 is 9.53 Å². The van der Waals surface area contributed by atoms with Crippen molar-refractivity contribution in [2.24, 2.45) is 7.05 Å². The Morgan fingerprint density at radius 3 is 2.89 bits per heavy atom. The number of morpholine rings is 1. The van der Waals surface area contributed by atoms with E-state index < -0.39 is 0 Å². The molecule has 3 heterocycles. The van der Waals surface area contributed by atoms with E-state index in [0.717, 1.165) is 43.0 Å². The number of amides is 1. The lowest BCUT2D eigenvalue weighted by Crippen LogP contribution is -2.37. The molecule has 8 heteroatoms. The van der Waals surface area contributed by atoms with E-state index in [9.17, 15) is 4.79 Å². The van der Waals surface area contributed by atoms with Crippen molar-refractivity contribution in [3.8, 4) is 0 Å². The summed E-state index contributed by atoms with van der Waals surface area (Å²) in [5.74, 6) is 0.844. The first-order valence-electron chi connectivity index (χ1n) is 9.69. The van der Waals surface area contributed by atoms with Gasteiger partial charge in [0.25, 0.3) is 5.91 Å². The van der Waals surface area contributed by atoms with Crippen molar-refractivity contribution >= 4 is 22.9 Å². The molecule has 148 valence electrons. The van der Waals surface area contributed by atoms with Gasteiger partial charge in [-0.15, -0.1) is 0 Å². The Morgan fingerprint density at radius 1 is 1.32 bits per heavy atom. The second-order valence-corrected chi connectivity index (χ2v) is 7.21. The Balaban J connectivity index is 1.45. The topological polar surface area (TPSA) is 77.2 Å². The quantitative estimate of drug-likeness (QED) is 0.704. The number of aromatic nitrogens is 4. The number of aryl methyl sites for hydroxylation is 2. The zero-order valence-electron chi connectivity index (χ0n) is 16.3. The number of imidazole rings is 1. The number of hydrogen-bond acceptors (Lipinski definition) is 5. The summed E-state index contributed by atoms with van der Waals surface area (Å²) in [6, 6.07) is 7.66. The van der Waals surface area contributed by atoms with Gasteiger partial charge in [-0.3, -0.25) is 9.48 Å². The van der Waals surface area contributed by atoms with Crippen LogP contribution in [0.1, 0.15) is 23.7 Å². The molecule has 3 aromatic rings. The first-order chi connectivity index (χ1) is 13.6. The number of nitrogens with zero attached hydrogens (tertiary/aromatic N) is 5. The van der Waals surface area contributed by atoms with Gasteiger partial charge in [-0.1, -0.05) is 0 Å². The Kier molecular flexibility index (Phi) is 5.29. The van der Waals surface area contributed by atoms with E-state index in [-0.39, 0.29) is 11.9 Å². The minimum atomic E-state index is -0.0755. The lowest BCUT2D eigenvalue weighted by atomic mass is 10.1. The minimum absolute atomic E-state index is 0.0556. The SMILES string of the molecule is C[C@H](CCn1cccn1)NC(=O)c1ccc2c(c1)nc(N1CCOCC1)n2C. The molecule has 1 atom stereocenters. The lowest BCUT2D eigenvalue weighted by molar-refractivity contribution is 0.0937. The van der Waals surface area contributed by atoms with E-state index in [2.05, 4.69) is 19.9 Å². The smallest absolute Gasteiger partial charge is 0.251 e. The molecule has 0 unspecified atom stereocenters. The van der Waals surface area contributed by atoms with Crippen molar-refractivity contribution in [1.29, 1.82) is 0 Å². The second kappa shape index (κ2) is 8.02. The van der Waals surface area contributed by atoms with E-state index in [4.69, 9.17) is 9.72 Å². The number of benzene rings is 1. The van der Waals surface area contributed by atoms with Crippen LogP contribution in [0.4, 0.5) is 5.95 Å². The number of carbonyl (C=O) groups is 1. The maximum Gasteiger partial charge on any atom is 0.251 e. The lowest BCUT2D eigenvalue weighted by Gasteiger charge is -2.27. The monoisotopic (exact) mass is 382 g/mol. The molecule has 1 aliphatic rings. The van der Waals surface area contributed by atoms with Crippen LogP contribution in [0.5, 0.6) is 0 Å². The van der Waals surface area contributed by atoms with Gasteiger partial charge in [0.1, 0.15) is 0 Å². The average molecular weight is 382 g/mol. The van der Waals surface area contributed by atoms with Gasteiger partial charge in [0.2, 0.25) is 5.95 Å². The van der Waals surface area contributed by atoms with Crippen LogP contribution in [0.2, 0.25) is 0 Å². The molecule has 8 nitrogen and oxygen atoms in total. The maximum atomic E-state index is 12.7. The van der Waals surface area contributed by atoms with E-state index in [1.807, 2.05) is 49.1 Å². The zero-order valence-corrected chi connectivity index (χ0v) is 16.3. The van der Waals surface area contributed by atoms with Gasteiger partial charge in [0.15, 0.2) is 0 Å². The highest BCUT2D eigenvalue weighted by Crippen LogP contribution is 2.23. The second-order valence-electron chi connectivity index (χ2n) is 7.21. The number of ether oxygens (including phenoxy) is 1. The third-order valence-electron chi connectivity index (χ3n) is 5.14. The van der Waals surface area contributed by atoms with Gasteiger partial charge >= 0.3 is 0 Å². The fraction of sp³-hybridized carbons (Fsp3) is 0.450. The zero-order chi connectivity index (χ0) is 19.5. The van der Waals surface area contributed by atoms with Crippen molar-refractivity contribution in [2.75, 3.05) is 31.2 Å². The fourth-order valence-corrected chi connectivity index (χ4v) is 3.51. The molecule has 0 spiro atoms. The van der Waals surface area contributed by atoms with Crippen LogP contribution in [-0.4, -0.2) is 57.6 Å². The number of rotatable bonds is 6. The fourth-order valence-electron chi connectivity index (χ4n) is 3.51. The van der Waals surface area contributed by atoms with Gasteiger partial charge < -0.3 is 19.5 Å². The van der Waals surface area contributed by atoms with Crippen molar-refractivity contribution in [3.63, 3.8) is 0 Å². The van der Waals surface area contributed by atoms with Gasteiger partial charge in [0.05, 0.1) is 24.2 Å². The first-order valence-corrected chi connectivity index (χ1v) is 9.69. The predicted octanol–water partition coefficient (Wildman–Crippen LogP) is 1.81. The third-order valence-corrected chi connectivity index (χ3v) is 5.14. The Labute approximate surface area is 164 Å². The van der Waals surface area contributed by atoms with E-state index >= 15 is 0 Å². The Bertz CT molecular complexity index is 943. The predicted molar refractivity (Wildman–Crippen MR) is 108 cm³/mol. The molecule has 1 aromatic carbocycles. The third kappa shape index (κ3) is 3.87. The summed E-state index contributed by atoms with van der Waals surface area (Å²) in [5.41, 5.74) is 2.48. The molecule has 4 rings (SSSR count). The summed E-state index contributed by atoms with van der Waals surface area (Å²) in [4.78, 5) is 19.7. The summed E-state index contributed by atoms with van der Waals surface area (Å²) < 4.78 is 9.38. The summed E-state index contributed by atoms with van der Waals surface area (Å²) in [6.45, 7) is 5.88. The maximum absolute atomic E-state index is 12.7. The van der Waals surface area contributed by atoms with Crippen LogP contribution < -0.4 is 10.2 Å². The van der Waals surface area contributed by atoms with Crippen LogP contribution in [0.3, 0.4) is 0 Å². The summed E-state index contributed by atoms with van der Waals surface area (Å²) in [7, 11) is 2.01. The van der Waals surface area contributed by atoms with Crippen molar-refractivity contribution in [2.45, 2.75) is 25.9 Å². The molecule has 0 bridgehead atoms. The average Bonchev–Trinajstić information content (AvgIpc) is 3.35. The van der Waals surface area contributed by atoms with Crippen LogP contribution >= 0.6 is 0 Å². The first kappa shape index (κ1) is 18.5. The normalized spacial score (nSPS) is 15.7. The van der Waals surface area contributed by atoms with Crippen LogP contribution in [0.25, 0.3) is 11.0 Å². The molecule has 0 aliphatic carbocycles. The van der Waals surface area contributed by atoms with Crippen LogP contribution in [0.15, 0.2) is 36.7 Å². The number of anilines is 1. The molecule has 1 saturated heterocycles. The molecule has 0 radical (unpaired) electrons. The highest BCUT2D eigenvalue weighted by atomic mass is 16.5. The molecule has 1 N–H and O–H groups in total. The van der Waals surface area contributed by atoms with E-state index in [0.29, 0.717) is 18.8 Å². The highest BCUT2D eigenvalue weighted by molar-refractivity contribution is 5.97. The minimum Gasteiger partial charge on any atom is -0.378 e. The molecule has 1 fully saturated rings. The van der Waals surface area contributed by atoms with E-state index in [1.54, 1.807) is 6.20 Å². The Hall–Kier alpha value is -2.87. The van der Waals surface area contributed by atoms with Gasteiger partial charge in [-0.05, 0) is 37.6 Å². The number of fused-ring (bicyclic) bond motifs is 1. The summed E-state index contributed by atoms with van der Waals surface area (Å²) in [5, 5.41) is 7.26. The van der Waals surface area contributed by atoms with Gasteiger partial charge in [-0.25, -0.2) is 4.98 Å². The molecule has 28 heavy (non-hydrogen) atoms. The molecule has 1 aliphatic heterocycles. The van der Waals surface area contributed by atoms with Crippen molar-refractivity contribution in [1.82, 2.24) is 24.6 Å². The molecule has 1 amide bonds. The highest BCUT2D eigenvalue weighted by Gasteiger charge is 2.19. The standard InChI is InChI=1S/C20H26N6O2/c1-15(6-9-26-8-3-7-21-26)22-19(27)16-4-5-18-17(14-16)23-20(24(18)2)25-10-12-28-13-11-25/h3-5,7-8,14-15H,6,9-13H2,1-2H3,(H,22,27)/t15-/m1/s1. The van der Waals surface area contributed by atoms with Crippen molar-refractivity contribution in [3.05, 3.63) is 42.2 Å². The number of carbonyl (C=O) groups excluding carboxylic acids is 1. The molecule has 2 aromatic heterocycles. The van der Waals surface area contributed by atoms with E-state index in [1.165, 1.54) is 0 Å². The van der Waals surface area contributed by atoms with Gasteiger partial charge in [-0.2, -0.15) is 5.10 Å². The number of hydrogen-bond donors (Lipinski definition) is 1. The molecule has 0 saturated carbocycles. The molecular weight excluding hydrogens is 356 g/mol. The largest absolute Gasteiger partial charge is 0.378 e. The van der Waals surface area contributed by atoms with Crippen LogP contribution in [-0.2, 0) is 18.3 Å². The molecular formula is C20H26N6O2. The summed E-state index contributed by atoms with van der Waals surface area (Å²) in [6.07, 6.45) is 4.51. The van der Waals surface area contributed by atoms with Gasteiger partial charge in [0, 0.05) is 50.7 Å². The Morgan fingerprint density at radius 2 is 2.14 bits per heavy atom. The van der Waals surface area contributed by atoms with Crippen LogP contribution in [0, 0.1) is 0 Å². The summed E-state index contributed by atoms with van der Waals surface area (Å²) >= 11 is 0.